The minimum Gasteiger partial charge on any atom is -0.508 e. The molecule has 32 heavy (non-hydrogen) atoms. The topological polar surface area (TPSA) is 86.6 Å². The summed E-state index contributed by atoms with van der Waals surface area (Å²) in [4.78, 5) is 23.5. The van der Waals surface area contributed by atoms with Gasteiger partial charge in [-0.1, -0.05) is 67.7 Å². The summed E-state index contributed by atoms with van der Waals surface area (Å²) in [5.41, 5.74) is 0.745. The largest absolute Gasteiger partial charge is 0.508 e. The van der Waals surface area contributed by atoms with E-state index in [0.717, 1.165) is 50.5 Å². The van der Waals surface area contributed by atoms with Crippen molar-refractivity contribution in [3.05, 3.63) is 78.4 Å². The number of aromatic hydroxyl groups is 1. The van der Waals surface area contributed by atoms with Crippen molar-refractivity contribution in [1.29, 1.82) is 0 Å². The molecular formula is C27H37NO4. The van der Waals surface area contributed by atoms with Gasteiger partial charge in [-0.3, -0.25) is 4.79 Å². The second-order valence-electron chi connectivity index (χ2n) is 7.58. The van der Waals surface area contributed by atoms with Gasteiger partial charge in [0.2, 0.25) is 5.91 Å². The van der Waals surface area contributed by atoms with Crippen LogP contribution in [0.25, 0.3) is 0 Å². The van der Waals surface area contributed by atoms with Crippen molar-refractivity contribution in [2.45, 2.75) is 70.8 Å². The highest BCUT2D eigenvalue weighted by Gasteiger charge is 2.20. The summed E-state index contributed by atoms with van der Waals surface area (Å²) in [6.07, 6.45) is 24.2. The van der Waals surface area contributed by atoms with Crippen LogP contribution >= 0.6 is 0 Å². The number of rotatable bonds is 16. The van der Waals surface area contributed by atoms with Gasteiger partial charge in [0.25, 0.3) is 0 Å². The first-order valence-corrected chi connectivity index (χ1v) is 11.4. The number of carbonyl (C=O) groups excluding carboxylic acids is 1. The fourth-order valence-corrected chi connectivity index (χ4v) is 2.98. The predicted octanol–water partition coefficient (Wildman–Crippen LogP) is 5.87. The van der Waals surface area contributed by atoms with Gasteiger partial charge in [-0.25, -0.2) is 4.79 Å². The van der Waals surface area contributed by atoms with E-state index >= 15 is 0 Å². The van der Waals surface area contributed by atoms with E-state index < -0.39 is 12.0 Å². The Morgan fingerprint density at radius 2 is 1.44 bits per heavy atom. The Morgan fingerprint density at radius 1 is 0.875 bits per heavy atom. The summed E-state index contributed by atoms with van der Waals surface area (Å²) in [5.74, 6) is -1.19. The monoisotopic (exact) mass is 439 g/mol. The molecule has 174 valence electrons. The fraction of sp³-hybridized carbons (Fsp3) is 0.407. The molecule has 0 saturated carbocycles. The van der Waals surface area contributed by atoms with Gasteiger partial charge >= 0.3 is 5.97 Å². The van der Waals surface area contributed by atoms with Crippen molar-refractivity contribution in [2.75, 3.05) is 0 Å². The molecule has 1 aromatic carbocycles. The standard InChI is InChI=1S/C27H37NO4/c1-2-3-4-5-6-7-8-9-10-11-12-13-14-15-16-17-26(30)28-25(27(31)32)22-23-18-20-24(29)21-19-23/h3-4,6-7,9-10,12-13,18-21,25,29H,2,5,8,11,14-17,22H2,1H3,(H,28,30)(H,31,32)/b4-3-,7-6-,10-9-,13-12-/t25-/m0/s1. The second kappa shape index (κ2) is 17.6. The van der Waals surface area contributed by atoms with Crippen LogP contribution in [0, 0.1) is 0 Å². The number of benzene rings is 1. The molecule has 1 aromatic rings. The zero-order valence-electron chi connectivity index (χ0n) is 19.1. The number of hydrogen-bond donors (Lipinski definition) is 3. The molecule has 0 fully saturated rings. The molecule has 0 bridgehead atoms. The van der Waals surface area contributed by atoms with E-state index in [1.54, 1.807) is 12.1 Å². The van der Waals surface area contributed by atoms with E-state index in [4.69, 9.17) is 0 Å². The van der Waals surface area contributed by atoms with Crippen LogP contribution in [-0.4, -0.2) is 28.1 Å². The van der Waals surface area contributed by atoms with Gasteiger partial charge in [-0.2, -0.15) is 0 Å². The van der Waals surface area contributed by atoms with Crippen LogP contribution in [0.4, 0.5) is 0 Å². The van der Waals surface area contributed by atoms with Crippen LogP contribution < -0.4 is 5.32 Å². The Bertz CT molecular complexity index is 775. The first-order valence-electron chi connectivity index (χ1n) is 11.4. The van der Waals surface area contributed by atoms with Gasteiger partial charge in [-0.15, -0.1) is 0 Å². The third kappa shape index (κ3) is 14.0. The minimum absolute atomic E-state index is 0.123. The molecule has 0 aliphatic carbocycles. The Hall–Kier alpha value is -3.08. The second-order valence-corrected chi connectivity index (χ2v) is 7.58. The number of unbranched alkanes of at least 4 members (excludes halogenated alkanes) is 2. The van der Waals surface area contributed by atoms with Crippen molar-refractivity contribution in [3.8, 4) is 5.75 Å². The van der Waals surface area contributed by atoms with Crippen LogP contribution in [0.1, 0.15) is 63.9 Å². The molecule has 0 radical (unpaired) electrons. The molecule has 5 heteroatoms. The number of carboxylic acids is 1. The van der Waals surface area contributed by atoms with Gasteiger partial charge < -0.3 is 15.5 Å². The Labute approximate surface area is 192 Å². The van der Waals surface area contributed by atoms with E-state index in [9.17, 15) is 19.8 Å². The zero-order chi connectivity index (χ0) is 23.4. The normalized spacial score (nSPS) is 12.9. The van der Waals surface area contributed by atoms with E-state index in [2.05, 4.69) is 60.8 Å². The van der Waals surface area contributed by atoms with Crippen molar-refractivity contribution in [1.82, 2.24) is 5.32 Å². The first-order chi connectivity index (χ1) is 15.5. The lowest BCUT2D eigenvalue weighted by atomic mass is 10.1. The lowest BCUT2D eigenvalue weighted by Crippen LogP contribution is -2.42. The molecular weight excluding hydrogens is 402 g/mol. The maximum atomic E-state index is 12.1. The van der Waals surface area contributed by atoms with Crippen molar-refractivity contribution >= 4 is 11.9 Å². The van der Waals surface area contributed by atoms with Crippen LogP contribution in [0.3, 0.4) is 0 Å². The maximum absolute atomic E-state index is 12.1. The lowest BCUT2D eigenvalue weighted by Gasteiger charge is -2.14. The third-order valence-corrected chi connectivity index (χ3v) is 4.75. The predicted molar refractivity (Wildman–Crippen MR) is 131 cm³/mol. The SMILES string of the molecule is CC/C=C\C/C=C\C/C=C\C/C=C\CCCCC(=O)N[C@@H](Cc1ccc(O)cc1)C(=O)O. The van der Waals surface area contributed by atoms with Gasteiger partial charge in [0.05, 0.1) is 0 Å². The molecule has 0 aliphatic heterocycles. The molecule has 5 nitrogen and oxygen atoms in total. The highest BCUT2D eigenvalue weighted by atomic mass is 16.4. The van der Waals surface area contributed by atoms with Gasteiger partial charge in [0.15, 0.2) is 0 Å². The average Bonchev–Trinajstić information content (AvgIpc) is 2.77. The Morgan fingerprint density at radius 3 is 2.00 bits per heavy atom. The lowest BCUT2D eigenvalue weighted by molar-refractivity contribution is -0.141. The summed E-state index contributed by atoms with van der Waals surface area (Å²) < 4.78 is 0. The summed E-state index contributed by atoms with van der Waals surface area (Å²) in [6, 6.07) is 5.35. The molecule has 1 amide bonds. The smallest absolute Gasteiger partial charge is 0.326 e. The van der Waals surface area contributed by atoms with Gasteiger partial charge in [0, 0.05) is 12.8 Å². The number of phenolic OH excluding ortho intramolecular Hbond substituents is 1. The summed E-state index contributed by atoms with van der Waals surface area (Å²) >= 11 is 0. The molecule has 3 N–H and O–H groups in total. The highest BCUT2D eigenvalue weighted by molar-refractivity contribution is 5.83. The number of carboxylic acid groups (broad SMARTS) is 1. The average molecular weight is 440 g/mol. The summed E-state index contributed by atoms with van der Waals surface area (Å²) in [6.45, 7) is 2.13. The molecule has 1 rings (SSSR count). The van der Waals surface area contributed by atoms with E-state index in [-0.39, 0.29) is 18.1 Å². The molecule has 0 aliphatic rings. The first kappa shape index (κ1) is 27.0. The number of carbonyl (C=O) groups is 2. The molecule has 1 atom stereocenters. The summed E-state index contributed by atoms with van der Waals surface area (Å²) in [7, 11) is 0. The van der Waals surface area contributed by atoms with E-state index in [1.165, 1.54) is 12.1 Å². The maximum Gasteiger partial charge on any atom is 0.326 e. The van der Waals surface area contributed by atoms with Gasteiger partial charge in [-0.05, 0) is 62.6 Å². The number of amides is 1. The van der Waals surface area contributed by atoms with Gasteiger partial charge in [0.1, 0.15) is 11.8 Å². The summed E-state index contributed by atoms with van der Waals surface area (Å²) in [5, 5.41) is 21.3. The van der Waals surface area contributed by atoms with Crippen LogP contribution in [-0.2, 0) is 16.0 Å². The third-order valence-electron chi connectivity index (χ3n) is 4.75. The number of phenols is 1. The number of aliphatic carboxylic acids is 1. The Balaban J connectivity index is 2.15. The molecule has 0 saturated heterocycles. The van der Waals surface area contributed by atoms with Crippen LogP contribution in [0.5, 0.6) is 5.75 Å². The fourth-order valence-electron chi connectivity index (χ4n) is 2.98. The van der Waals surface area contributed by atoms with Crippen LogP contribution in [0.15, 0.2) is 72.9 Å². The van der Waals surface area contributed by atoms with E-state index in [1.807, 2.05) is 0 Å². The number of nitrogens with one attached hydrogen (secondary N) is 1. The van der Waals surface area contributed by atoms with Crippen molar-refractivity contribution in [2.24, 2.45) is 0 Å². The van der Waals surface area contributed by atoms with Crippen molar-refractivity contribution < 1.29 is 19.8 Å². The number of allylic oxidation sites excluding steroid dienone is 8. The molecule has 0 heterocycles. The zero-order valence-corrected chi connectivity index (χ0v) is 19.1. The molecule has 0 unspecified atom stereocenters. The quantitative estimate of drug-likeness (QED) is 0.222. The Kier molecular flexibility index (Phi) is 14.8. The minimum atomic E-state index is -1.06. The van der Waals surface area contributed by atoms with Crippen LogP contribution in [0.2, 0.25) is 0 Å². The number of hydrogen-bond acceptors (Lipinski definition) is 3. The highest BCUT2D eigenvalue weighted by Crippen LogP contribution is 2.12. The van der Waals surface area contributed by atoms with E-state index in [0.29, 0.717) is 6.42 Å². The van der Waals surface area contributed by atoms with Crippen molar-refractivity contribution in [3.63, 3.8) is 0 Å². The molecule has 0 aromatic heterocycles. The molecule has 0 spiro atoms.